The number of imidazole rings is 1. The van der Waals surface area contributed by atoms with Crippen molar-refractivity contribution in [2.24, 2.45) is 5.84 Å². The number of aliphatic hydroxyl groups is 2. The monoisotopic (exact) mass is 576 g/mol. The number of hydrogen-bond donors (Lipinski definition) is 9. The Balaban J connectivity index is 0.000000583. The van der Waals surface area contributed by atoms with Gasteiger partial charge in [0.05, 0.1) is 0 Å². The summed E-state index contributed by atoms with van der Waals surface area (Å²) < 4.78 is 70.7. The number of aromatic nitrogens is 4. The van der Waals surface area contributed by atoms with Crippen LogP contribution in [0.1, 0.15) is 18.5 Å². The number of nitrogens with zero attached hydrogens (tertiary/aromatic N) is 5. The van der Waals surface area contributed by atoms with Crippen LogP contribution in [0.15, 0.2) is 6.33 Å². The van der Waals surface area contributed by atoms with Gasteiger partial charge in [-0.3, -0.25) is 33.0 Å². The van der Waals surface area contributed by atoms with Crippen LogP contribution >= 0.6 is 0 Å². The van der Waals surface area contributed by atoms with E-state index in [1.165, 1.54) is 6.33 Å². The molecule has 1 amide bonds. The van der Waals surface area contributed by atoms with Crippen LogP contribution in [0.4, 0.5) is 5.82 Å². The van der Waals surface area contributed by atoms with Gasteiger partial charge in [-0.05, 0) is 14.0 Å². The Kier molecular flexibility index (Phi) is 11.6. The first-order valence-electron chi connectivity index (χ1n) is 9.87. The van der Waals surface area contributed by atoms with Gasteiger partial charge in [0.2, 0.25) is 5.91 Å². The molecule has 0 bridgehead atoms. The molecule has 212 valence electrons. The largest absolute Gasteiger partial charge is 0.394 e. The van der Waals surface area contributed by atoms with E-state index in [2.05, 4.69) is 20.4 Å². The van der Waals surface area contributed by atoms with Crippen molar-refractivity contribution in [3.8, 4) is 0 Å². The van der Waals surface area contributed by atoms with Gasteiger partial charge in [-0.25, -0.2) is 20.8 Å². The molecular formula is C15H28N8O12S2. The fraction of sp³-hybridized carbons (Fsp3) is 0.600. The van der Waals surface area contributed by atoms with Crippen LogP contribution in [0.3, 0.4) is 0 Å². The minimum atomic E-state index is -4.67. The maximum Gasteiger partial charge on any atom is 0.394 e. The predicted molar refractivity (Wildman–Crippen MR) is 123 cm³/mol. The number of anilines is 1. The molecule has 37 heavy (non-hydrogen) atoms. The Morgan fingerprint density at radius 3 is 2.19 bits per heavy atom. The second-order valence-electron chi connectivity index (χ2n) is 7.48. The lowest BCUT2D eigenvalue weighted by Gasteiger charge is -2.22. The van der Waals surface area contributed by atoms with Crippen molar-refractivity contribution in [2.75, 3.05) is 25.9 Å². The molecule has 11 N–H and O–H groups in total. The summed E-state index contributed by atoms with van der Waals surface area (Å²) in [4.78, 5) is 25.5. The third-order valence-electron chi connectivity index (χ3n) is 4.65. The van der Waals surface area contributed by atoms with Crippen LogP contribution < -0.4 is 17.0 Å². The summed E-state index contributed by atoms with van der Waals surface area (Å²) in [5.41, 5.74) is 8.73. The van der Waals surface area contributed by atoms with Crippen molar-refractivity contribution in [2.45, 2.75) is 37.9 Å². The van der Waals surface area contributed by atoms with Gasteiger partial charge < -0.3 is 25.6 Å². The molecule has 2 aromatic rings. The van der Waals surface area contributed by atoms with Gasteiger partial charge in [0.15, 0.2) is 23.2 Å². The topological polar surface area (TPSA) is 327 Å². The van der Waals surface area contributed by atoms with E-state index < -0.39 is 45.3 Å². The van der Waals surface area contributed by atoms with Crippen LogP contribution in [-0.4, -0.2) is 114 Å². The maximum absolute atomic E-state index is 11.3. The zero-order valence-corrected chi connectivity index (χ0v) is 21.0. The van der Waals surface area contributed by atoms with Crippen molar-refractivity contribution < 1.29 is 54.8 Å². The Hall–Kier alpha value is -2.64. The van der Waals surface area contributed by atoms with Gasteiger partial charge in [0.25, 0.3) is 0 Å². The van der Waals surface area contributed by atoms with Crippen molar-refractivity contribution in [1.29, 1.82) is 0 Å². The van der Waals surface area contributed by atoms with Crippen LogP contribution in [-0.2, 0) is 30.3 Å². The third kappa shape index (κ3) is 11.1. The van der Waals surface area contributed by atoms with Crippen LogP contribution in [0.5, 0.6) is 0 Å². The molecule has 0 saturated carbocycles. The molecule has 1 aliphatic heterocycles. The van der Waals surface area contributed by atoms with Crippen molar-refractivity contribution >= 4 is 43.7 Å². The number of carbonyl (C=O) groups excluding carboxylic acids is 1. The quantitative estimate of drug-likeness (QED) is 0.0692. The lowest BCUT2D eigenvalue weighted by molar-refractivity contribution is -0.121. The molecule has 0 aliphatic carbocycles. The van der Waals surface area contributed by atoms with E-state index in [1.807, 2.05) is 4.90 Å². The Morgan fingerprint density at radius 2 is 1.68 bits per heavy atom. The zero-order chi connectivity index (χ0) is 28.7. The van der Waals surface area contributed by atoms with E-state index in [-0.39, 0.29) is 18.1 Å². The number of amides is 1. The fourth-order valence-electron chi connectivity index (χ4n) is 3.20. The summed E-state index contributed by atoms with van der Waals surface area (Å²) in [5.74, 6) is 5.53. The van der Waals surface area contributed by atoms with E-state index in [0.717, 1.165) is 0 Å². The van der Waals surface area contributed by atoms with Gasteiger partial charge in [-0.2, -0.15) is 16.8 Å². The summed E-state index contributed by atoms with van der Waals surface area (Å²) in [7, 11) is -7.55. The van der Waals surface area contributed by atoms with E-state index >= 15 is 0 Å². The first kappa shape index (κ1) is 32.4. The zero-order valence-electron chi connectivity index (χ0n) is 19.3. The first-order valence-corrected chi connectivity index (χ1v) is 12.7. The van der Waals surface area contributed by atoms with Crippen molar-refractivity contribution in [1.82, 2.24) is 29.8 Å². The van der Waals surface area contributed by atoms with E-state index in [4.69, 9.17) is 51.4 Å². The molecular weight excluding hydrogens is 548 g/mol. The number of carbonyl (C=O) groups is 1. The fourth-order valence-corrected chi connectivity index (χ4v) is 3.20. The average Bonchev–Trinajstić information content (AvgIpc) is 3.21. The van der Waals surface area contributed by atoms with Gasteiger partial charge in [0.1, 0.15) is 30.5 Å². The highest BCUT2D eigenvalue weighted by molar-refractivity contribution is 7.80. The molecule has 0 radical (unpaired) electrons. The smallest absolute Gasteiger partial charge is 0.387 e. The first-order chi connectivity index (χ1) is 16.8. The van der Waals surface area contributed by atoms with Gasteiger partial charge in [0, 0.05) is 19.5 Å². The minimum absolute atomic E-state index is 0.212. The van der Waals surface area contributed by atoms with Crippen LogP contribution in [0.2, 0.25) is 0 Å². The van der Waals surface area contributed by atoms with Crippen molar-refractivity contribution in [3.63, 3.8) is 0 Å². The normalized spacial score (nSPS) is 21.7. The standard InChI is InChI=1S/C15H24N8O4.2H2O4S/c1-7-20-10-13(16)18-6-19-14(10)23(7)15-12(26)11(25)8(27-15)5-22(2)4-3-9(24)21-17;2*1-5(2,3)4/h6,8,11-12,15,25-26H,3-5,17H2,1-2H3,(H,21,24)(H2,16,18,19);2*(H2,1,2,3,4)/t8-,11-,12-,15-;;/m1../s1. The predicted octanol–water partition coefficient (Wildman–Crippen LogP) is -3.66. The summed E-state index contributed by atoms with van der Waals surface area (Å²) >= 11 is 0. The van der Waals surface area contributed by atoms with Gasteiger partial charge >= 0.3 is 20.8 Å². The molecule has 2 aromatic heterocycles. The summed E-state index contributed by atoms with van der Waals surface area (Å²) in [6.45, 7) is 2.47. The molecule has 0 unspecified atom stereocenters. The summed E-state index contributed by atoms with van der Waals surface area (Å²) in [5, 5.41) is 20.9. The molecule has 0 spiro atoms. The average molecular weight is 577 g/mol. The third-order valence-corrected chi connectivity index (χ3v) is 4.65. The number of ether oxygens (including phenoxy) is 1. The Labute approximate surface area is 210 Å². The van der Waals surface area contributed by atoms with Crippen molar-refractivity contribution in [3.05, 3.63) is 12.2 Å². The van der Waals surface area contributed by atoms with Gasteiger partial charge in [-0.1, -0.05) is 0 Å². The number of likely N-dealkylation sites (N-methyl/N-ethyl adjacent to an activating group) is 1. The number of aryl methyl sites for hydroxylation is 1. The Morgan fingerprint density at radius 1 is 1.14 bits per heavy atom. The molecule has 4 atom stereocenters. The molecule has 1 fully saturated rings. The Bertz CT molecular complexity index is 1230. The molecule has 1 aliphatic rings. The van der Waals surface area contributed by atoms with E-state index in [1.54, 1.807) is 18.5 Å². The number of nitrogens with two attached hydrogens (primary N) is 2. The molecule has 1 saturated heterocycles. The van der Waals surface area contributed by atoms with E-state index in [0.29, 0.717) is 30.1 Å². The molecule has 22 heteroatoms. The SMILES string of the molecule is Cc1nc2c(N)ncnc2n1[C@@H]1O[C@H](CN(C)CCC(=O)NN)[C@@H](O)[C@H]1O.O=S(=O)(O)O.O=S(=O)(O)O. The highest BCUT2D eigenvalue weighted by Gasteiger charge is 2.45. The minimum Gasteiger partial charge on any atom is -0.387 e. The summed E-state index contributed by atoms with van der Waals surface area (Å²) in [6, 6.07) is 0. The lowest BCUT2D eigenvalue weighted by Crippen LogP contribution is -2.40. The number of hydrogen-bond acceptors (Lipinski definition) is 14. The molecule has 3 rings (SSSR count). The summed E-state index contributed by atoms with van der Waals surface area (Å²) in [6.07, 6.45) is -2.30. The lowest BCUT2D eigenvalue weighted by atomic mass is 10.1. The number of nitrogen functional groups attached to an aromatic ring is 1. The molecule has 3 heterocycles. The van der Waals surface area contributed by atoms with Crippen LogP contribution in [0, 0.1) is 6.92 Å². The van der Waals surface area contributed by atoms with Crippen LogP contribution in [0.25, 0.3) is 11.2 Å². The second kappa shape index (κ2) is 13.2. The second-order valence-corrected chi connectivity index (χ2v) is 9.27. The maximum atomic E-state index is 11.3. The van der Waals surface area contributed by atoms with E-state index in [9.17, 15) is 15.0 Å². The number of rotatable bonds is 6. The van der Waals surface area contributed by atoms with Gasteiger partial charge in [-0.15, -0.1) is 0 Å². The molecule has 20 nitrogen and oxygen atoms in total. The molecule has 0 aromatic carbocycles. The number of nitrogens with one attached hydrogen (secondary N) is 1. The highest BCUT2D eigenvalue weighted by atomic mass is 32.3. The number of fused-ring (bicyclic) bond motifs is 1. The highest BCUT2D eigenvalue weighted by Crippen LogP contribution is 2.33. The number of hydrazine groups is 1. The number of aliphatic hydroxyl groups excluding tert-OH is 2.